The summed E-state index contributed by atoms with van der Waals surface area (Å²) >= 11 is 7.63. The summed E-state index contributed by atoms with van der Waals surface area (Å²) in [6.07, 6.45) is 0. The van der Waals surface area contributed by atoms with E-state index in [1.165, 1.54) is 118 Å². The molecule has 3 N–H and O–H groups in total. The van der Waals surface area contributed by atoms with Crippen LogP contribution in [0.15, 0.2) is 319 Å². The van der Waals surface area contributed by atoms with Crippen molar-refractivity contribution in [1.82, 2.24) is 0 Å². The van der Waals surface area contributed by atoms with Gasteiger partial charge in [0.1, 0.15) is 16.7 Å². The molecule has 0 aliphatic heterocycles. The SMILES string of the molecule is C.C.C.C.C.C.CC(C)c1cc(Br)c2ccc3c(C(C)C)cc(Br)c4ccc1c2c43.CC(C)c1ccc(N(c2cc(C(C)C)c3ccc4c(N(c5ccc(C(C)C)cc5)c5cccc6c5oc5ccccc56)cc(C(C)C)c5ccc2c3c54)c2cccc3c2oc2ccccc23)cc1.CC(C)c1ccc(N)cc1.CC(C)c1ccc(Nc2cccc3c2oc2ccccc23)cc1.[B]. The van der Waals surface area contributed by atoms with Crippen molar-refractivity contribution in [1.29, 1.82) is 0 Å². The van der Waals surface area contributed by atoms with Crippen LogP contribution in [0, 0.1) is 0 Å². The van der Waals surface area contributed by atoms with Crippen LogP contribution in [0.5, 0.6) is 0 Å². The maximum absolute atomic E-state index is 6.86. The number of fused-ring (bicyclic) bond motifs is 9. The van der Waals surface area contributed by atoms with Crippen molar-refractivity contribution in [3.63, 3.8) is 0 Å². The van der Waals surface area contributed by atoms with Crippen molar-refractivity contribution in [2.24, 2.45) is 0 Å². The quantitative estimate of drug-likeness (QED) is 0.0566. The number of nitrogens with two attached hydrogens (primary N) is 1. The van der Waals surface area contributed by atoms with Gasteiger partial charge in [0.25, 0.3) is 0 Å². The Kier molecular flexibility index (Phi) is 31.3. The number of hydrogen-bond acceptors (Lipinski definition) is 7. The third kappa shape index (κ3) is 18.4. The number of furan rings is 3. The van der Waals surface area contributed by atoms with E-state index in [1.807, 2.05) is 30.3 Å². The predicted octanol–water partition coefficient (Wildman–Crippen LogP) is 40.5. The largest absolute Gasteiger partial charge is 0.454 e. The fraction of sp³-hybridized carbons (Fsp3) is 0.246. The number of halogens is 2. The van der Waals surface area contributed by atoms with Crippen LogP contribution in [0.1, 0.15) is 247 Å². The van der Waals surface area contributed by atoms with E-state index in [2.05, 4.69) is 425 Å². The highest BCUT2D eigenvalue weighted by Crippen LogP contribution is 2.55. The zero-order valence-corrected chi connectivity index (χ0v) is 78.1. The first kappa shape index (κ1) is 100. The Labute approximate surface area is 803 Å². The molecule has 0 aliphatic rings. The molecule has 0 amide bonds. The Morgan fingerprint density at radius 1 is 0.250 bits per heavy atom. The molecular weight excluding hydrogens is 1740 g/mol. The first-order valence-corrected chi connectivity index (χ1v) is 46.1. The van der Waals surface area contributed by atoms with Gasteiger partial charge in [0.15, 0.2) is 16.7 Å². The van der Waals surface area contributed by atoms with E-state index in [1.54, 1.807) is 0 Å². The van der Waals surface area contributed by atoms with Gasteiger partial charge in [-0.25, -0.2) is 0 Å². The number of nitrogens with one attached hydrogen (secondary N) is 1. The minimum atomic E-state index is 0. The van der Waals surface area contributed by atoms with Crippen molar-refractivity contribution in [2.75, 3.05) is 20.9 Å². The first-order valence-electron chi connectivity index (χ1n) is 44.5. The van der Waals surface area contributed by atoms with Crippen molar-refractivity contribution in [3.8, 4) is 0 Å². The van der Waals surface area contributed by atoms with Gasteiger partial charge in [-0.1, -0.05) is 375 Å². The standard InChI is InChI=1S/C64H56N2O2.C22H20Br2.C21H19NO.C9H13N.6CH4.B/c1-37(2)41-23-27-43(28-24-41)65(55-19-13-17-49-45-15-9-11-21-59(45)67-63(49)55)57-35-53(39(5)6)47-32-34-52-58(36-54(40(7)8)48-31-33-51(57)61(47)62(48)52)66(44-29-25-42(26-30-44)38(3)4)56-20-14-18-50-46-16-10-12-22-60(46)68-64(50)56;1-11(2)17-9-19(23)15-8-6-14-18(12(3)4)10-20(24)16-7-5-13(17)21(15)22(14)16;1-14(2)15-10-12-16(13-11-15)22-19-8-5-7-18-17-6-3-4-9-20(17)23-21(18)19;1-7(2)8-3-5-9(10)6-4-8;;;;;;;/h9-40H,1-8H3;5-12H,1-4H3;3-14,22H,1-2H3;3-7H,10H2,1-2H3;6*1H4;. The van der Waals surface area contributed by atoms with Gasteiger partial charge < -0.3 is 34.1 Å². The van der Waals surface area contributed by atoms with Gasteiger partial charge in [0.2, 0.25) is 0 Å². The number of nitrogen functional groups attached to an aromatic ring is 1. The summed E-state index contributed by atoms with van der Waals surface area (Å²) in [7, 11) is 0. The summed E-state index contributed by atoms with van der Waals surface area (Å²) < 4.78 is 22.2. The van der Waals surface area contributed by atoms with E-state index in [0.717, 1.165) is 117 Å². The zero-order chi connectivity index (χ0) is 87.1. The number of nitrogens with zero attached hydrogens (tertiary/aromatic N) is 2. The number of rotatable bonds is 16. The first-order chi connectivity index (χ1) is 60.4. The zero-order valence-electron chi connectivity index (χ0n) is 74.9. The molecule has 675 valence electrons. The lowest BCUT2D eigenvalue weighted by molar-refractivity contribution is 0.668. The number of anilines is 9. The highest BCUT2D eigenvalue weighted by molar-refractivity contribution is 9.11. The van der Waals surface area contributed by atoms with Crippen LogP contribution in [0.4, 0.5) is 51.2 Å². The highest BCUT2D eigenvalue weighted by Gasteiger charge is 2.30. The Balaban J connectivity index is 0.000000214. The predicted molar refractivity (Wildman–Crippen MR) is 593 cm³/mol. The maximum atomic E-state index is 6.86. The van der Waals surface area contributed by atoms with Crippen LogP contribution in [0.25, 0.3) is 130 Å². The number of benzene rings is 18. The van der Waals surface area contributed by atoms with Crippen molar-refractivity contribution >= 4 is 222 Å². The Morgan fingerprint density at radius 2 is 0.523 bits per heavy atom. The second-order valence-corrected chi connectivity index (χ2v) is 38.0. The van der Waals surface area contributed by atoms with Gasteiger partial charge >= 0.3 is 0 Å². The third-order valence-electron chi connectivity index (χ3n) is 25.5. The van der Waals surface area contributed by atoms with Crippen LogP contribution < -0.4 is 20.9 Å². The van der Waals surface area contributed by atoms with Gasteiger partial charge in [0.05, 0.1) is 28.4 Å². The molecule has 0 atom stereocenters. The van der Waals surface area contributed by atoms with E-state index >= 15 is 0 Å². The molecule has 7 nitrogen and oxygen atoms in total. The lowest BCUT2D eigenvalue weighted by atomic mass is 9.84. The van der Waals surface area contributed by atoms with E-state index in [0.29, 0.717) is 35.5 Å². The summed E-state index contributed by atoms with van der Waals surface area (Å²) in [5, 5.41) is 25.9. The van der Waals surface area contributed by atoms with E-state index in [-0.39, 0.29) is 64.8 Å². The molecule has 3 heterocycles. The van der Waals surface area contributed by atoms with Crippen LogP contribution in [0.3, 0.4) is 0 Å². The van der Waals surface area contributed by atoms with Crippen LogP contribution in [-0.4, -0.2) is 8.41 Å². The molecular formula is C122H132BBr2N4O3. The minimum Gasteiger partial charge on any atom is -0.454 e. The second kappa shape index (κ2) is 41.2. The topological polar surface area (TPSA) is 84.0 Å². The Bertz CT molecular complexity index is 7220. The van der Waals surface area contributed by atoms with Crippen LogP contribution in [0.2, 0.25) is 0 Å². The molecule has 3 aromatic heterocycles. The second-order valence-electron chi connectivity index (χ2n) is 36.3. The van der Waals surface area contributed by atoms with Crippen molar-refractivity contribution in [3.05, 3.63) is 351 Å². The molecule has 0 spiro atoms. The average molecular weight is 1870 g/mol. The molecule has 0 bridgehead atoms. The van der Waals surface area contributed by atoms with E-state index in [9.17, 15) is 0 Å². The van der Waals surface area contributed by atoms with Crippen LogP contribution in [-0.2, 0) is 0 Å². The van der Waals surface area contributed by atoms with Gasteiger partial charge in [-0.15, -0.1) is 0 Å². The monoisotopic (exact) mass is 1870 g/mol. The smallest absolute Gasteiger partial charge is 0.159 e. The maximum Gasteiger partial charge on any atom is 0.159 e. The summed E-state index contributed by atoms with van der Waals surface area (Å²) in [6, 6.07) is 108. The van der Waals surface area contributed by atoms with Crippen LogP contribution >= 0.6 is 31.9 Å². The third-order valence-corrected chi connectivity index (χ3v) is 26.8. The molecule has 18 aromatic carbocycles. The highest BCUT2D eigenvalue weighted by atomic mass is 79.9. The molecule has 0 fully saturated rings. The Morgan fingerprint density at radius 3 is 0.864 bits per heavy atom. The normalized spacial score (nSPS) is 11.4. The molecule has 0 saturated carbocycles. The molecule has 132 heavy (non-hydrogen) atoms. The molecule has 21 aromatic rings. The molecule has 3 radical (unpaired) electrons. The van der Waals surface area contributed by atoms with Gasteiger partial charge in [-0.2, -0.15) is 0 Å². The summed E-state index contributed by atoms with van der Waals surface area (Å²) in [6.45, 7) is 36.2. The molecule has 21 rings (SSSR count). The summed E-state index contributed by atoms with van der Waals surface area (Å²) in [5.74, 6) is 3.46. The molecule has 10 heteroatoms. The van der Waals surface area contributed by atoms with Gasteiger partial charge in [0, 0.05) is 83.2 Å². The van der Waals surface area contributed by atoms with Crippen molar-refractivity contribution < 1.29 is 13.3 Å². The minimum absolute atomic E-state index is 0. The lowest BCUT2D eigenvalue weighted by Gasteiger charge is -2.31. The molecule has 0 saturated heterocycles. The molecule has 0 unspecified atom stereocenters. The average Bonchev–Trinajstić information content (AvgIpc) is 0.824. The lowest BCUT2D eigenvalue weighted by Crippen LogP contribution is -2.13. The fourth-order valence-electron chi connectivity index (χ4n) is 18.7. The summed E-state index contributed by atoms with van der Waals surface area (Å²) in [5.41, 5.74) is 31.0. The van der Waals surface area contributed by atoms with Crippen molar-refractivity contribution in [2.45, 2.75) is 203 Å². The number of hydrogen-bond donors (Lipinski definition) is 2. The van der Waals surface area contributed by atoms with E-state index < -0.39 is 0 Å². The summed E-state index contributed by atoms with van der Waals surface area (Å²) in [4.78, 5) is 4.92. The molecule has 0 aliphatic carbocycles. The Hall–Kier alpha value is -12.3. The fourth-order valence-corrected chi connectivity index (χ4v) is 19.9. The number of para-hydroxylation sites is 6. The van der Waals surface area contributed by atoms with E-state index in [4.69, 9.17) is 19.0 Å². The van der Waals surface area contributed by atoms with Gasteiger partial charge in [-0.3, -0.25) is 0 Å². The van der Waals surface area contributed by atoms with Gasteiger partial charge in [-0.05, 0) is 255 Å².